The van der Waals surface area contributed by atoms with Crippen LogP contribution in [0, 0.1) is 0 Å². The maximum Gasteiger partial charge on any atom is 0.321 e. The van der Waals surface area contributed by atoms with E-state index in [-0.39, 0.29) is 18.5 Å². The minimum atomic E-state index is -0.891. The van der Waals surface area contributed by atoms with E-state index in [4.69, 9.17) is 9.84 Å². The van der Waals surface area contributed by atoms with Gasteiger partial charge in [0, 0.05) is 32.0 Å². The quantitative estimate of drug-likeness (QED) is 0.889. The third kappa shape index (κ3) is 4.46. The molecule has 1 aromatic carbocycles. The standard InChI is InChI=1S/C15H20N2O4/c1-17(13-5-7-21-8-6-13)15(20)16-12-4-2-3-11(9-12)10-14(18)19/h2-4,9,13H,5-8,10H2,1H3,(H,16,20)(H,18,19). The second-order valence-corrected chi connectivity index (χ2v) is 5.16. The molecule has 2 amide bonds. The van der Waals surface area contributed by atoms with Crippen LogP contribution in [0.4, 0.5) is 10.5 Å². The lowest BCUT2D eigenvalue weighted by Crippen LogP contribution is -2.42. The monoisotopic (exact) mass is 292 g/mol. The van der Waals surface area contributed by atoms with Gasteiger partial charge in [0.2, 0.25) is 0 Å². The molecule has 1 aromatic rings. The molecule has 1 fully saturated rings. The molecule has 0 saturated carbocycles. The molecule has 6 heteroatoms. The molecule has 21 heavy (non-hydrogen) atoms. The molecule has 1 heterocycles. The first-order valence-electron chi connectivity index (χ1n) is 6.98. The molecular formula is C15H20N2O4. The van der Waals surface area contributed by atoms with Crippen LogP contribution in [-0.4, -0.2) is 48.3 Å². The Labute approximate surface area is 123 Å². The first-order chi connectivity index (χ1) is 10.1. The van der Waals surface area contributed by atoms with Crippen molar-refractivity contribution in [3.8, 4) is 0 Å². The molecule has 0 radical (unpaired) electrons. The van der Waals surface area contributed by atoms with E-state index in [2.05, 4.69) is 5.32 Å². The molecular weight excluding hydrogens is 272 g/mol. The van der Waals surface area contributed by atoms with Crippen LogP contribution in [0.3, 0.4) is 0 Å². The molecule has 0 unspecified atom stereocenters. The number of anilines is 1. The number of carboxylic acids is 1. The molecule has 6 nitrogen and oxygen atoms in total. The number of ether oxygens (including phenoxy) is 1. The first-order valence-corrected chi connectivity index (χ1v) is 6.98. The van der Waals surface area contributed by atoms with Crippen molar-refractivity contribution in [2.24, 2.45) is 0 Å². The number of carbonyl (C=O) groups is 2. The van der Waals surface area contributed by atoms with Crippen molar-refractivity contribution in [2.45, 2.75) is 25.3 Å². The third-order valence-electron chi connectivity index (χ3n) is 3.59. The van der Waals surface area contributed by atoms with Gasteiger partial charge in [-0.1, -0.05) is 12.1 Å². The van der Waals surface area contributed by atoms with Crippen molar-refractivity contribution in [1.29, 1.82) is 0 Å². The van der Waals surface area contributed by atoms with Crippen molar-refractivity contribution in [3.05, 3.63) is 29.8 Å². The lowest BCUT2D eigenvalue weighted by molar-refractivity contribution is -0.136. The summed E-state index contributed by atoms with van der Waals surface area (Å²) in [6.45, 7) is 1.35. The Balaban J connectivity index is 1.96. The number of hydrogen-bond donors (Lipinski definition) is 2. The molecule has 0 aliphatic carbocycles. The van der Waals surface area contributed by atoms with Gasteiger partial charge in [0.15, 0.2) is 0 Å². The molecule has 0 spiro atoms. The van der Waals surface area contributed by atoms with Gasteiger partial charge in [-0.05, 0) is 30.5 Å². The third-order valence-corrected chi connectivity index (χ3v) is 3.59. The maximum absolute atomic E-state index is 12.2. The van der Waals surface area contributed by atoms with Gasteiger partial charge in [0.1, 0.15) is 0 Å². The fourth-order valence-corrected chi connectivity index (χ4v) is 2.38. The van der Waals surface area contributed by atoms with Crippen LogP contribution in [0.15, 0.2) is 24.3 Å². The number of rotatable bonds is 4. The van der Waals surface area contributed by atoms with Crippen LogP contribution >= 0.6 is 0 Å². The summed E-state index contributed by atoms with van der Waals surface area (Å²) in [7, 11) is 1.77. The van der Waals surface area contributed by atoms with Crippen LogP contribution in [0.5, 0.6) is 0 Å². The molecule has 0 bridgehead atoms. The van der Waals surface area contributed by atoms with Gasteiger partial charge in [-0.2, -0.15) is 0 Å². The number of nitrogens with zero attached hydrogens (tertiary/aromatic N) is 1. The largest absolute Gasteiger partial charge is 0.481 e. The van der Waals surface area contributed by atoms with E-state index in [0.29, 0.717) is 24.5 Å². The van der Waals surface area contributed by atoms with Crippen molar-refractivity contribution in [1.82, 2.24) is 4.90 Å². The average Bonchev–Trinajstić information content (AvgIpc) is 2.47. The zero-order valence-corrected chi connectivity index (χ0v) is 12.0. The topological polar surface area (TPSA) is 78.9 Å². The van der Waals surface area contributed by atoms with Crippen LogP contribution in [0.1, 0.15) is 18.4 Å². The lowest BCUT2D eigenvalue weighted by Gasteiger charge is -2.31. The smallest absolute Gasteiger partial charge is 0.321 e. The summed E-state index contributed by atoms with van der Waals surface area (Å²) < 4.78 is 5.29. The first kappa shape index (κ1) is 15.3. The van der Waals surface area contributed by atoms with Gasteiger partial charge in [-0.25, -0.2) is 4.79 Å². The normalized spacial score (nSPS) is 15.5. The number of benzene rings is 1. The van der Waals surface area contributed by atoms with Gasteiger partial charge in [-0.15, -0.1) is 0 Å². The highest BCUT2D eigenvalue weighted by Crippen LogP contribution is 2.16. The molecule has 114 valence electrons. The summed E-state index contributed by atoms with van der Waals surface area (Å²) in [5.74, 6) is -0.891. The minimum Gasteiger partial charge on any atom is -0.481 e. The fraction of sp³-hybridized carbons (Fsp3) is 0.467. The van der Waals surface area contributed by atoms with Gasteiger partial charge >= 0.3 is 12.0 Å². The second-order valence-electron chi connectivity index (χ2n) is 5.16. The maximum atomic E-state index is 12.2. The van der Waals surface area contributed by atoms with Crippen LogP contribution < -0.4 is 5.32 Å². The van der Waals surface area contributed by atoms with Crippen LogP contribution in [-0.2, 0) is 16.0 Å². The molecule has 2 N–H and O–H groups in total. The Morgan fingerprint density at radius 2 is 2.10 bits per heavy atom. The fourth-order valence-electron chi connectivity index (χ4n) is 2.38. The number of urea groups is 1. The summed E-state index contributed by atoms with van der Waals surface area (Å²) in [5, 5.41) is 11.6. The Morgan fingerprint density at radius 3 is 2.76 bits per heavy atom. The zero-order valence-electron chi connectivity index (χ0n) is 12.0. The predicted molar refractivity (Wildman–Crippen MR) is 78.4 cm³/mol. The van der Waals surface area contributed by atoms with E-state index in [1.165, 1.54) is 0 Å². The summed E-state index contributed by atoms with van der Waals surface area (Å²) in [6, 6.07) is 6.90. The summed E-state index contributed by atoms with van der Waals surface area (Å²) in [4.78, 5) is 24.6. The van der Waals surface area contributed by atoms with Gasteiger partial charge in [0.25, 0.3) is 0 Å². The molecule has 1 aliphatic rings. The Kier molecular flexibility index (Phi) is 5.16. The molecule has 1 aliphatic heterocycles. The lowest BCUT2D eigenvalue weighted by atomic mass is 10.1. The van der Waals surface area contributed by atoms with Gasteiger partial charge in [-0.3, -0.25) is 4.79 Å². The van der Waals surface area contributed by atoms with Crippen molar-refractivity contribution in [3.63, 3.8) is 0 Å². The number of nitrogens with one attached hydrogen (secondary N) is 1. The molecule has 2 rings (SSSR count). The summed E-state index contributed by atoms with van der Waals surface area (Å²) >= 11 is 0. The zero-order chi connectivity index (χ0) is 15.2. The molecule has 1 saturated heterocycles. The van der Waals surface area contributed by atoms with E-state index >= 15 is 0 Å². The molecule has 0 atom stereocenters. The van der Waals surface area contributed by atoms with E-state index in [1.54, 1.807) is 36.2 Å². The van der Waals surface area contributed by atoms with Crippen molar-refractivity contribution in [2.75, 3.05) is 25.6 Å². The highest BCUT2D eigenvalue weighted by atomic mass is 16.5. The molecule has 0 aromatic heterocycles. The average molecular weight is 292 g/mol. The number of hydrogen-bond acceptors (Lipinski definition) is 3. The van der Waals surface area contributed by atoms with Crippen molar-refractivity contribution < 1.29 is 19.4 Å². The van der Waals surface area contributed by atoms with Crippen molar-refractivity contribution >= 4 is 17.7 Å². The highest BCUT2D eigenvalue weighted by molar-refractivity contribution is 5.89. The Hall–Kier alpha value is -2.08. The number of carboxylic acid groups (broad SMARTS) is 1. The van der Waals surface area contributed by atoms with Crippen LogP contribution in [0.25, 0.3) is 0 Å². The van der Waals surface area contributed by atoms with E-state index < -0.39 is 5.97 Å². The Bertz CT molecular complexity index is 512. The number of amides is 2. The predicted octanol–water partition coefficient (Wildman–Crippen LogP) is 1.96. The Morgan fingerprint density at radius 1 is 1.38 bits per heavy atom. The van der Waals surface area contributed by atoms with E-state index in [1.807, 2.05) is 0 Å². The van der Waals surface area contributed by atoms with Gasteiger partial charge in [0.05, 0.1) is 6.42 Å². The van der Waals surface area contributed by atoms with E-state index in [9.17, 15) is 9.59 Å². The van der Waals surface area contributed by atoms with Gasteiger partial charge < -0.3 is 20.1 Å². The summed E-state index contributed by atoms with van der Waals surface area (Å²) in [6.07, 6.45) is 1.62. The second kappa shape index (κ2) is 7.08. The van der Waals surface area contributed by atoms with Crippen LogP contribution in [0.2, 0.25) is 0 Å². The summed E-state index contributed by atoms with van der Waals surface area (Å²) in [5.41, 5.74) is 1.27. The SMILES string of the molecule is CN(C(=O)Nc1cccc(CC(=O)O)c1)C1CCOCC1. The number of carbonyl (C=O) groups excluding carboxylic acids is 1. The minimum absolute atomic E-state index is 0.0560. The number of aliphatic carboxylic acids is 1. The van der Waals surface area contributed by atoms with E-state index in [0.717, 1.165) is 12.8 Å². The highest BCUT2D eigenvalue weighted by Gasteiger charge is 2.22.